The molecule has 3 heterocycles. The Balaban J connectivity index is 1.61. The Kier molecular flexibility index (Phi) is 5.55. The predicted molar refractivity (Wildman–Crippen MR) is 134 cm³/mol. The topological polar surface area (TPSA) is 73.0 Å². The van der Waals surface area contributed by atoms with Crippen LogP contribution in [-0.4, -0.2) is 32.0 Å². The molecule has 0 aliphatic carbocycles. The zero-order valence-electron chi connectivity index (χ0n) is 20.1. The van der Waals surface area contributed by atoms with Gasteiger partial charge in [-0.3, -0.25) is 9.59 Å². The molecule has 0 saturated carbocycles. The molecule has 174 valence electrons. The van der Waals surface area contributed by atoms with Crippen molar-refractivity contribution in [3.8, 4) is 5.69 Å². The van der Waals surface area contributed by atoms with E-state index in [-0.39, 0.29) is 23.9 Å². The summed E-state index contributed by atoms with van der Waals surface area (Å²) in [5.74, 6) is -0.0642. The second-order valence-electron chi connectivity index (χ2n) is 9.37. The zero-order chi connectivity index (χ0) is 24.0. The Morgan fingerprint density at radius 2 is 1.88 bits per heavy atom. The molecule has 0 fully saturated rings. The quantitative estimate of drug-likeness (QED) is 0.460. The van der Waals surface area contributed by atoms with E-state index in [4.69, 9.17) is 0 Å². The first-order valence-corrected chi connectivity index (χ1v) is 11.8. The number of rotatable bonds is 4. The lowest BCUT2D eigenvalue weighted by Gasteiger charge is -2.29. The molecule has 0 unspecified atom stereocenters. The number of benzene rings is 2. The van der Waals surface area contributed by atoms with Crippen molar-refractivity contribution in [2.24, 2.45) is 0 Å². The first-order chi connectivity index (χ1) is 16.3. The molecule has 0 spiro atoms. The number of aryl methyl sites for hydroxylation is 3. The van der Waals surface area contributed by atoms with Gasteiger partial charge in [-0.25, -0.2) is 9.36 Å². The first kappa shape index (κ1) is 22.1. The van der Waals surface area contributed by atoms with Crippen LogP contribution in [0.2, 0.25) is 0 Å². The fourth-order valence-corrected chi connectivity index (χ4v) is 4.69. The highest BCUT2D eigenvalue weighted by Crippen LogP contribution is 2.27. The van der Waals surface area contributed by atoms with Gasteiger partial charge in [-0.15, -0.1) is 0 Å². The molecule has 2 aromatic heterocycles. The second-order valence-corrected chi connectivity index (χ2v) is 9.37. The minimum Gasteiger partial charge on any atom is -0.311 e. The maximum atomic E-state index is 13.6. The molecule has 0 saturated heterocycles. The molecule has 2 aromatic carbocycles. The molecule has 34 heavy (non-hydrogen) atoms. The fraction of sp³-hybridized carbons (Fsp3) is 0.333. The molecule has 7 heteroatoms. The molecule has 1 aliphatic heterocycles. The summed E-state index contributed by atoms with van der Waals surface area (Å²) in [6.07, 6.45) is 3.57. The molecule has 0 atom stereocenters. The summed E-state index contributed by atoms with van der Waals surface area (Å²) in [4.78, 5) is 28.8. The lowest BCUT2D eigenvalue weighted by molar-refractivity contribution is -0.119. The largest absolute Gasteiger partial charge is 0.311 e. The Morgan fingerprint density at radius 3 is 2.65 bits per heavy atom. The Morgan fingerprint density at radius 1 is 1.09 bits per heavy atom. The van der Waals surface area contributed by atoms with E-state index in [2.05, 4.69) is 23.2 Å². The van der Waals surface area contributed by atoms with Crippen LogP contribution in [0.4, 0.5) is 5.69 Å². The predicted octanol–water partition coefficient (Wildman–Crippen LogP) is 4.30. The maximum Gasteiger partial charge on any atom is 0.293 e. The van der Waals surface area contributed by atoms with Crippen molar-refractivity contribution in [3.63, 3.8) is 0 Å². The molecule has 5 rings (SSSR count). The first-order valence-electron chi connectivity index (χ1n) is 11.8. The molecular formula is C27H29N5O2. The summed E-state index contributed by atoms with van der Waals surface area (Å²) >= 11 is 0. The number of nitrogens with zero attached hydrogens (tertiary/aromatic N) is 5. The van der Waals surface area contributed by atoms with E-state index in [0.29, 0.717) is 12.1 Å². The van der Waals surface area contributed by atoms with E-state index in [1.165, 1.54) is 10.2 Å². The smallest absolute Gasteiger partial charge is 0.293 e. The lowest BCUT2D eigenvalue weighted by atomic mass is 10.0. The van der Waals surface area contributed by atoms with Gasteiger partial charge in [0.1, 0.15) is 12.1 Å². The molecule has 0 N–H and O–H groups in total. The third kappa shape index (κ3) is 3.71. The number of fused-ring (bicyclic) bond motifs is 2. The normalized spacial score (nSPS) is 13.5. The number of para-hydroxylation sites is 1. The Hall–Kier alpha value is -3.74. The van der Waals surface area contributed by atoms with Crippen molar-refractivity contribution in [2.75, 3.05) is 11.4 Å². The van der Waals surface area contributed by atoms with Gasteiger partial charge in [-0.1, -0.05) is 38.1 Å². The van der Waals surface area contributed by atoms with Gasteiger partial charge in [-0.2, -0.15) is 10.2 Å². The van der Waals surface area contributed by atoms with Crippen LogP contribution in [0.25, 0.3) is 16.6 Å². The number of anilines is 1. The van der Waals surface area contributed by atoms with Crippen LogP contribution in [0, 0.1) is 13.8 Å². The van der Waals surface area contributed by atoms with Crippen LogP contribution >= 0.6 is 0 Å². The third-order valence-electron chi connectivity index (χ3n) is 6.69. The minimum absolute atomic E-state index is 0.0672. The Bertz CT molecular complexity index is 1460. The molecular weight excluding hydrogens is 426 g/mol. The molecule has 0 radical (unpaired) electrons. The van der Waals surface area contributed by atoms with Crippen LogP contribution in [0.1, 0.15) is 48.6 Å². The number of amides is 1. The third-order valence-corrected chi connectivity index (χ3v) is 6.69. The fourth-order valence-electron chi connectivity index (χ4n) is 4.69. The van der Waals surface area contributed by atoms with Gasteiger partial charge in [0.15, 0.2) is 0 Å². The molecule has 0 bridgehead atoms. The van der Waals surface area contributed by atoms with Crippen molar-refractivity contribution in [1.29, 1.82) is 0 Å². The standard InChI is InChI=1S/C27H29N5O2/c1-17(2)25-22-15-28-32(21-12-11-18(3)19(4)14-21)26(22)27(34)31(29-25)16-24(33)30-13-7-9-20-8-5-6-10-23(20)30/h5-6,8,10-12,14-15,17H,7,9,13,16H2,1-4H3. The van der Waals surface area contributed by atoms with Gasteiger partial charge in [0.2, 0.25) is 5.91 Å². The van der Waals surface area contributed by atoms with Crippen LogP contribution in [0.15, 0.2) is 53.5 Å². The number of carbonyl (C=O) groups is 1. The van der Waals surface area contributed by atoms with E-state index in [0.717, 1.165) is 46.4 Å². The highest BCUT2D eigenvalue weighted by atomic mass is 16.2. The van der Waals surface area contributed by atoms with E-state index in [9.17, 15) is 9.59 Å². The van der Waals surface area contributed by atoms with Crippen molar-refractivity contribution in [1.82, 2.24) is 19.6 Å². The van der Waals surface area contributed by atoms with E-state index in [1.807, 2.05) is 57.2 Å². The van der Waals surface area contributed by atoms with Gasteiger partial charge in [0, 0.05) is 17.6 Å². The van der Waals surface area contributed by atoms with Crippen molar-refractivity contribution in [3.05, 3.63) is 81.4 Å². The number of carbonyl (C=O) groups excluding carboxylic acids is 1. The minimum atomic E-state index is -0.311. The van der Waals surface area contributed by atoms with Gasteiger partial charge < -0.3 is 4.90 Å². The number of hydrogen-bond donors (Lipinski definition) is 0. The summed E-state index contributed by atoms with van der Waals surface area (Å²) < 4.78 is 2.99. The average Bonchev–Trinajstić information content (AvgIpc) is 3.27. The van der Waals surface area contributed by atoms with E-state index >= 15 is 0 Å². The van der Waals surface area contributed by atoms with Crippen LogP contribution in [-0.2, 0) is 17.8 Å². The zero-order valence-corrected chi connectivity index (χ0v) is 20.1. The Labute approximate surface area is 198 Å². The molecule has 4 aromatic rings. The highest BCUT2D eigenvalue weighted by Gasteiger charge is 2.25. The SMILES string of the molecule is Cc1ccc(-n2ncc3c(C(C)C)nn(CC(=O)N4CCCc5ccccc54)c(=O)c32)cc1C. The summed E-state index contributed by atoms with van der Waals surface area (Å²) in [7, 11) is 0. The van der Waals surface area contributed by atoms with Crippen LogP contribution in [0.5, 0.6) is 0 Å². The number of hydrogen-bond acceptors (Lipinski definition) is 4. The summed E-state index contributed by atoms with van der Waals surface area (Å²) in [6.45, 7) is 8.70. The molecule has 1 aliphatic rings. The van der Waals surface area contributed by atoms with Crippen LogP contribution in [0.3, 0.4) is 0 Å². The number of aromatic nitrogens is 4. The average molecular weight is 456 g/mol. The van der Waals surface area contributed by atoms with Gasteiger partial charge in [-0.05, 0) is 67.5 Å². The monoisotopic (exact) mass is 455 g/mol. The summed E-state index contributed by atoms with van der Waals surface area (Å²) in [6, 6.07) is 14.0. The van der Waals surface area contributed by atoms with Crippen LogP contribution < -0.4 is 10.5 Å². The highest BCUT2D eigenvalue weighted by molar-refractivity contribution is 5.94. The van der Waals surface area contributed by atoms with Gasteiger partial charge >= 0.3 is 0 Å². The summed E-state index contributed by atoms with van der Waals surface area (Å²) in [5.41, 5.74) is 6.11. The molecule has 1 amide bonds. The van der Waals surface area contributed by atoms with E-state index < -0.39 is 0 Å². The molecule has 7 nitrogen and oxygen atoms in total. The maximum absolute atomic E-state index is 13.6. The van der Waals surface area contributed by atoms with Crippen molar-refractivity contribution < 1.29 is 4.79 Å². The summed E-state index contributed by atoms with van der Waals surface area (Å²) in [5, 5.41) is 9.91. The van der Waals surface area contributed by atoms with Crippen molar-refractivity contribution in [2.45, 2.75) is 53.0 Å². The van der Waals surface area contributed by atoms with Crippen molar-refractivity contribution >= 4 is 22.5 Å². The lowest BCUT2D eigenvalue weighted by Crippen LogP contribution is -2.40. The van der Waals surface area contributed by atoms with Gasteiger partial charge in [0.25, 0.3) is 5.56 Å². The van der Waals surface area contributed by atoms with Gasteiger partial charge in [0.05, 0.1) is 17.6 Å². The second kappa shape index (κ2) is 8.56. The van der Waals surface area contributed by atoms with E-state index in [1.54, 1.807) is 15.8 Å².